The zero-order valence-electron chi connectivity index (χ0n) is 11.5. The molecule has 4 nitrogen and oxygen atoms in total. The second-order valence-corrected chi connectivity index (χ2v) is 4.71. The topological polar surface area (TPSA) is 54.0 Å². The van der Waals surface area contributed by atoms with Gasteiger partial charge in [-0.1, -0.05) is 30.3 Å². The van der Waals surface area contributed by atoms with Crippen molar-refractivity contribution >= 4 is 12.2 Å². The van der Waals surface area contributed by atoms with Crippen molar-refractivity contribution in [3.8, 4) is 0 Å². The van der Waals surface area contributed by atoms with Crippen LogP contribution in [0.3, 0.4) is 0 Å². The third-order valence-corrected chi connectivity index (χ3v) is 2.54. The molecule has 0 saturated heterocycles. The van der Waals surface area contributed by atoms with Gasteiger partial charge < -0.3 is 10.6 Å². The fourth-order valence-corrected chi connectivity index (χ4v) is 1.87. The van der Waals surface area contributed by atoms with Gasteiger partial charge in [0.2, 0.25) is 5.96 Å². The van der Waals surface area contributed by atoms with Crippen molar-refractivity contribution in [2.24, 2.45) is 15.9 Å². The maximum Gasteiger partial charge on any atom is 0.216 e. The maximum atomic E-state index is 5.95. The van der Waals surface area contributed by atoms with Gasteiger partial charge in [-0.2, -0.15) is 5.10 Å². The molecule has 4 heteroatoms. The number of nitrogens with two attached hydrogens (primary N) is 1. The number of hydrogen-bond acceptors (Lipinski definition) is 2. The first-order valence-electron chi connectivity index (χ1n) is 6.22. The third-order valence-electron chi connectivity index (χ3n) is 2.54. The van der Waals surface area contributed by atoms with Crippen LogP contribution in [0.25, 0.3) is 0 Å². The van der Waals surface area contributed by atoms with E-state index in [2.05, 4.69) is 37.9 Å². The molecule has 1 aromatic rings. The second kappa shape index (κ2) is 6.79. The van der Waals surface area contributed by atoms with Crippen LogP contribution in [0.2, 0.25) is 0 Å². The first-order valence-corrected chi connectivity index (χ1v) is 6.22. The Bertz CT molecular complexity index is 399. The molecular weight excluding hydrogens is 224 g/mol. The molecule has 0 aromatic heterocycles. The summed E-state index contributed by atoms with van der Waals surface area (Å²) in [5.74, 6) is 0.451. The standard InChI is InChI=1S/C14H22N4/c1-11(2)18(12(3)4)14(15)17-16-10-13-8-6-5-7-9-13/h5-12H,1-4H3,(H2,15,17). The van der Waals surface area contributed by atoms with Crippen LogP contribution in [0.4, 0.5) is 0 Å². The molecule has 0 fully saturated rings. The number of hydrogen-bond donors (Lipinski definition) is 1. The number of nitrogens with zero attached hydrogens (tertiary/aromatic N) is 3. The molecule has 0 radical (unpaired) electrons. The molecule has 0 atom stereocenters. The lowest BCUT2D eigenvalue weighted by atomic mass is 10.2. The monoisotopic (exact) mass is 246 g/mol. The van der Waals surface area contributed by atoms with E-state index in [9.17, 15) is 0 Å². The molecule has 0 bridgehead atoms. The summed E-state index contributed by atoms with van der Waals surface area (Å²) in [6, 6.07) is 10.4. The molecule has 1 rings (SSSR count). The van der Waals surface area contributed by atoms with Crippen molar-refractivity contribution in [2.75, 3.05) is 0 Å². The van der Waals surface area contributed by atoms with Crippen molar-refractivity contribution in [2.45, 2.75) is 39.8 Å². The fourth-order valence-electron chi connectivity index (χ4n) is 1.87. The highest BCUT2D eigenvalue weighted by atomic mass is 15.4. The van der Waals surface area contributed by atoms with E-state index in [1.807, 2.05) is 35.2 Å². The highest BCUT2D eigenvalue weighted by molar-refractivity contribution is 5.82. The zero-order valence-corrected chi connectivity index (χ0v) is 11.5. The van der Waals surface area contributed by atoms with E-state index in [-0.39, 0.29) is 0 Å². The number of benzene rings is 1. The third kappa shape index (κ3) is 4.20. The minimum absolute atomic E-state index is 0.306. The van der Waals surface area contributed by atoms with Crippen molar-refractivity contribution in [3.05, 3.63) is 35.9 Å². The van der Waals surface area contributed by atoms with E-state index in [1.165, 1.54) is 0 Å². The summed E-state index contributed by atoms with van der Waals surface area (Å²) in [5.41, 5.74) is 6.96. The summed E-state index contributed by atoms with van der Waals surface area (Å²) >= 11 is 0. The van der Waals surface area contributed by atoms with Crippen LogP contribution in [0.1, 0.15) is 33.3 Å². The lowest BCUT2D eigenvalue weighted by Crippen LogP contribution is -2.46. The predicted molar refractivity (Wildman–Crippen MR) is 77.8 cm³/mol. The Balaban J connectivity index is 2.74. The molecule has 0 spiro atoms. The largest absolute Gasteiger partial charge is 0.368 e. The first-order chi connectivity index (χ1) is 8.52. The minimum Gasteiger partial charge on any atom is -0.368 e. The molecule has 0 amide bonds. The van der Waals surface area contributed by atoms with E-state index >= 15 is 0 Å². The summed E-state index contributed by atoms with van der Waals surface area (Å²) in [5, 5.41) is 8.08. The Hall–Kier alpha value is -1.84. The van der Waals surface area contributed by atoms with Gasteiger partial charge in [-0.15, -0.1) is 5.10 Å². The van der Waals surface area contributed by atoms with Gasteiger partial charge >= 0.3 is 0 Å². The van der Waals surface area contributed by atoms with E-state index < -0.39 is 0 Å². The molecule has 0 aliphatic heterocycles. The highest BCUT2D eigenvalue weighted by Crippen LogP contribution is 2.04. The highest BCUT2D eigenvalue weighted by Gasteiger charge is 2.15. The molecule has 2 N–H and O–H groups in total. The Labute approximate surface area is 109 Å². The Kier molecular flexibility index (Phi) is 5.36. The van der Waals surface area contributed by atoms with Crippen LogP contribution in [0, 0.1) is 0 Å². The van der Waals surface area contributed by atoms with Crippen LogP contribution < -0.4 is 5.73 Å². The van der Waals surface area contributed by atoms with Gasteiger partial charge in [0.05, 0.1) is 6.21 Å². The summed E-state index contributed by atoms with van der Waals surface area (Å²) in [6.45, 7) is 8.35. The molecule has 0 unspecified atom stereocenters. The zero-order chi connectivity index (χ0) is 13.5. The van der Waals surface area contributed by atoms with Gasteiger partial charge in [0.15, 0.2) is 0 Å². The summed E-state index contributed by atoms with van der Waals surface area (Å²) in [4.78, 5) is 2.03. The summed E-state index contributed by atoms with van der Waals surface area (Å²) in [7, 11) is 0. The van der Waals surface area contributed by atoms with Crippen LogP contribution in [-0.4, -0.2) is 29.2 Å². The summed E-state index contributed by atoms with van der Waals surface area (Å²) in [6.07, 6.45) is 1.70. The summed E-state index contributed by atoms with van der Waals surface area (Å²) < 4.78 is 0. The number of rotatable bonds is 4. The molecule has 98 valence electrons. The van der Waals surface area contributed by atoms with E-state index in [0.717, 1.165) is 5.56 Å². The van der Waals surface area contributed by atoms with Crippen LogP contribution in [0.5, 0.6) is 0 Å². The lowest BCUT2D eigenvalue weighted by molar-refractivity contribution is 0.288. The molecule has 18 heavy (non-hydrogen) atoms. The predicted octanol–water partition coefficient (Wildman–Crippen LogP) is 2.45. The van der Waals surface area contributed by atoms with Gasteiger partial charge in [0.1, 0.15) is 0 Å². The van der Waals surface area contributed by atoms with Crippen molar-refractivity contribution in [3.63, 3.8) is 0 Å². The lowest BCUT2D eigenvalue weighted by Gasteiger charge is -2.30. The smallest absolute Gasteiger partial charge is 0.216 e. The van der Waals surface area contributed by atoms with Crippen LogP contribution in [0.15, 0.2) is 40.5 Å². The number of guanidine groups is 1. The minimum atomic E-state index is 0.306. The normalized spacial score (nSPS) is 12.7. The van der Waals surface area contributed by atoms with Gasteiger partial charge in [-0.25, -0.2) is 0 Å². The molecule has 0 heterocycles. The van der Waals surface area contributed by atoms with E-state index in [4.69, 9.17) is 5.73 Å². The maximum absolute atomic E-state index is 5.95. The van der Waals surface area contributed by atoms with Gasteiger partial charge in [-0.3, -0.25) is 0 Å². The molecule has 0 saturated carbocycles. The SMILES string of the molecule is CC(C)N(C(N)=NN=Cc1ccccc1)C(C)C. The molecular formula is C14H22N4. The quantitative estimate of drug-likeness (QED) is 0.504. The van der Waals surface area contributed by atoms with E-state index in [0.29, 0.717) is 18.0 Å². The van der Waals surface area contributed by atoms with Crippen LogP contribution >= 0.6 is 0 Å². The van der Waals surface area contributed by atoms with Crippen molar-refractivity contribution < 1.29 is 0 Å². The Morgan fingerprint density at radius 2 is 1.67 bits per heavy atom. The Morgan fingerprint density at radius 3 is 2.17 bits per heavy atom. The fraction of sp³-hybridized carbons (Fsp3) is 0.429. The van der Waals surface area contributed by atoms with Gasteiger partial charge in [0, 0.05) is 12.1 Å². The molecule has 1 aromatic carbocycles. The molecule has 0 aliphatic carbocycles. The van der Waals surface area contributed by atoms with Crippen molar-refractivity contribution in [1.82, 2.24) is 4.90 Å². The van der Waals surface area contributed by atoms with E-state index in [1.54, 1.807) is 6.21 Å². The average Bonchev–Trinajstić information content (AvgIpc) is 2.29. The first kappa shape index (κ1) is 14.2. The van der Waals surface area contributed by atoms with Gasteiger partial charge in [-0.05, 0) is 33.3 Å². The van der Waals surface area contributed by atoms with Crippen molar-refractivity contribution in [1.29, 1.82) is 0 Å². The average molecular weight is 246 g/mol. The van der Waals surface area contributed by atoms with Crippen LogP contribution in [-0.2, 0) is 0 Å². The Morgan fingerprint density at radius 1 is 1.11 bits per heavy atom. The van der Waals surface area contributed by atoms with Gasteiger partial charge in [0.25, 0.3) is 0 Å². The molecule has 0 aliphatic rings. The second-order valence-electron chi connectivity index (χ2n) is 4.71.